The van der Waals surface area contributed by atoms with Crippen LogP contribution in [-0.4, -0.2) is 37.2 Å². The second kappa shape index (κ2) is 5.36. The predicted molar refractivity (Wildman–Crippen MR) is 79.1 cm³/mol. The smallest absolute Gasteiger partial charge is 0.163 e. The highest BCUT2D eigenvalue weighted by atomic mass is 15.3. The second-order valence-electron chi connectivity index (χ2n) is 5.70. The van der Waals surface area contributed by atoms with Gasteiger partial charge >= 0.3 is 0 Å². The minimum absolute atomic E-state index is 0.528. The minimum atomic E-state index is 0.528. The van der Waals surface area contributed by atoms with Gasteiger partial charge in [-0.05, 0) is 26.3 Å². The van der Waals surface area contributed by atoms with Crippen LogP contribution in [0.3, 0.4) is 0 Å². The average Bonchev–Trinajstić information content (AvgIpc) is 2.67. The van der Waals surface area contributed by atoms with Gasteiger partial charge in [-0.15, -0.1) is 0 Å². The SMILES string of the molecule is CC1CCCCCN1Cc1nc(N)c2cnn(C)c2n1. The molecule has 0 aliphatic carbocycles. The molecule has 2 aromatic rings. The molecule has 6 nitrogen and oxygen atoms in total. The summed E-state index contributed by atoms with van der Waals surface area (Å²) < 4.78 is 1.75. The van der Waals surface area contributed by atoms with Gasteiger partial charge in [0.2, 0.25) is 0 Å². The maximum Gasteiger partial charge on any atom is 0.163 e. The van der Waals surface area contributed by atoms with Gasteiger partial charge in [-0.2, -0.15) is 5.10 Å². The first-order valence-corrected chi connectivity index (χ1v) is 7.33. The summed E-state index contributed by atoms with van der Waals surface area (Å²) in [5.41, 5.74) is 6.83. The van der Waals surface area contributed by atoms with Crippen molar-refractivity contribution in [2.24, 2.45) is 7.05 Å². The Labute approximate surface area is 119 Å². The lowest BCUT2D eigenvalue weighted by atomic mass is 10.1. The monoisotopic (exact) mass is 274 g/mol. The van der Waals surface area contributed by atoms with Crippen molar-refractivity contribution in [3.8, 4) is 0 Å². The number of nitrogens with two attached hydrogens (primary N) is 1. The number of aromatic nitrogens is 4. The molecular formula is C14H22N6. The Morgan fingerprint density at radius 3 is 3.00 bits per heavy atom. The molecule has 6 heteroatoms. The summed E-state index contributed by atoms with van der Waals surface area (Å²) in [6.07, 6.45) is 6.88. The van der Waals surface area contributed by atoms with E-state index >= 15 is 0 Å². The largest absolute Gasteiger partial charge is 0.383 e. The van der Waals surface area contributed by atoms with Crippen LogP contribution in [0.5, 0.6) is 0 Å². The number of fused-ring (bicyclic) bond motifs is 1. The molecule has 1 aliphatic rings. The lowest BCUT2D eigenvalue weighted by Gasteiger charge is -2.26. The molecule has 1 unspecified atom stereocenters. The summed E-state index contributed by atoms with van der Waals surface area (Å²) >= 11 is 0. The summed E-state index contributed by atoms with van der Waals surface area (Å²) in [6, 6.07) is 0.588. The van der Waals surface area contributed by atoms with Crippen LogP contribution in [0.25, 0.3) is 11.0 Å². The number of rotatable bonds is 2. The van der Waals surface area contributed by atoms with E-state index in [0.29, 0.717) is 11.9 Å². The molecule has 1 saturated heterocycles. The first kappa shape index (κ1) is 13.3. The van der Waals surface area contributed by atoms with E-state index in [1.54, 1.807) is 10.9 Å². The van der Waals surface area contributed by atoms with Crippen molar-refractivity contribution in [3.63, 3.8) is 0 Å². The molecule has 20 heavy (non-hydrogen) atoms. The highest BCUT2D eigenvalue weighted by Crippen LogP contribution is 2.20. The van der Waals surface area contributed by atoms with Crippen molar-refractivity contribution in [2.45, 2.75) is 45.2 Å². The lowest BCUT2D eigenvalue weighted by molar-refractivity contribution is 0.200. The van der Waals surface area contributed by atoms with E-state index in [2.05, 4.69) is 26.9 Å². The van der Waals surface area contributed by atoms with E-state index < -0.39 is 0 Å². The first-order chi connectivity index (χ1) is 9.65. The first-order valence-electron chi connectivity index (χ1n) is 7.33. The number of aryl methyl sites for hydroxylation is 1. The van der Waals surface area contributed by atoms with Crippen LogP contribution >= 0.6 is 0 Å². The summed E-state index contributed by atoms with van der Waals surface area (Å²) in [7, 11) is 1.88. The van der Waals surface area contributed by atoms with Gasteiger partial charge in [-0.25, -0.2) is 9.97 Å². The minimum Gasteiger partial charge on any atom is -0.383 e. The molecule has 3 rings (SSSR count). The predicted octanol–water partition coefficient (Wildman–Crippen LogP) is 1.71. The third-order valence-corrected chi connectivity index (χ3v) is 4.20. The molecule has 1 aliphatic heterocycles. The van der Waals surface area contributed by atoms with Crippen LogP contribution in [0, 0.1) is 0 Å². The molecule has 108 valence electrons. The van der Waals surface area contributed by atoms with Gasteiger partial charge in [0.15, 0.2) is 5.65 Å². The Bertz CT molecular complexity index is 605. The molecule has 0 saturated carbocycles. The molecule has 0 amide bonds. The maximum atomic E-state index is 6.02. The van der Waals surface area contributed by atoms with Gasteiger partial charge in [0.1, 0.15) is 11.6 Å². The Morgan fingerprint density at radius 1 is 1.30 bits per heavy atom. The lowest BCUT2D eigenvalue weighted by Crippen LogP contribution is -2.32. The van der Waals surface area contributed by atoms with Crippen molar-refractivity contribution < 1.29 is 0 Å². The molecule has 0 bridgehead atoms. The summed E-state index contributed by atoms with van der Waals surface area (Å²) in [5, 5.41) is 5.03. The van der Waals surface area contributed by atoms with E-state index in [1.165, 1.54) is 25.7 Å². The summed E-state index contributed by atoms with van der Waals surface area (Å²) in [5.74, 6) is 1.33. The van der Waals surface area contributed by atoms with E-state index in [9.17, 15) is 0 Å². The molecule has 3 heterocycles. The zero-order chi connectivity index (χ0) is 14.1. The zero-order valence-electron chi connectivity index (χ0n) is 12.2. The molecule has 0 spiro atoms. The van der Waals surface area contributed by atoms with Crippen molar-refractivity contribution in [2.75, 3.05) is 12.3 Å². The van der Waals surface area contributed by atoms with Gasteiger partial charge in [0.25, 0.3) is 0 Å². The quantitative estimate of drug-likeness (QED) is 0.902. The maximum absolute atomic E-state index is 6.02. The Morgan fingerprint density at radius 2 is 2.15 bits per heavy atom. The fourth-order valence-electron chi connectivity index (χ4n) is 2.91. The van der Waals surface area contributed by atoms with Gasteiger partial charge in [0, 0.05) is 13.1 Å². The van der Waals surface area contributed by atoms with Gasteiger partial charge in [-0.1, -0.05) is 12.8 Å². The number of likely N-dealkylation sites (tertiary alicyclic amines) is 1. The highest BCUT2D eigenvalue weighted by Gasteiger charge is 2.19. The van der Waals surface area contributed by atoms with Crippen LogP contribution in [0.4, 0.5) is 5.82 Å². The Kier molecular flexibility index (Phi) is 3.56. The molecule has 1 atom stereocenters. The highest BCUT2D eigenvalue weighted by molar-refractivity contribution is 5.84. The molecule has 2 N–H and O–H groups in total. The fourth-order valence-corrected chi connectivity index (χ4v) is 2.91. The number of anilines is 1. The second-order valence-corrected chi connectivity index (χ2v) is 5.70. The van der Waals surface area contributed by atoms with E-state index in [4.69, 9.17) is 5.73 Å². The number of hydrogen-bond donors (Lipinski definition) is 1. The number of hydrogen-bond acceptors (Lipinski definition) is 5. The normalized spacial score (nSPS) is 21.2. The Balaban J connectivity index is 1.88. The van der Waals surface area contributed by atoms with Crippen molar-refractivity contribution in [1.82, 2.24) is 24.6 Å². The molecule has 0 radical (unpaired) electrons. The van der Waals surface area contributed by atoms with E-state index in [1.807, 2.05) is 7.05 Å². The van der Waals surface area contributed by atoms with Crippen LogP contribution in [0.1, 0.15) is 38.4 Å². The summed E-state index contributed by atoms with van der Waals surface area (Å²) in [4.78, 5) is 11.5. The topological polar surface area (TPSA) is 72.9 Å². The molecular weight excluding hydrogens is 252 g/mol. The van der Waals surface area contributed by atoms with E-state index in [0.717, 1.165) is 29.9 Å². The third-order valence-electron chi connectivity index (χ3n) is 4.20. The molecule has 2 aromatic heterocycles. The van der Waals surface area contributed by atoms with Gasteiger partial charge in [-0.3, -0.25) is 9.58 Å². The van der Waals surface area contributed by atoms with Crippen molar-refractivity contribution in [1.29, 1.82) is 0 Å². The van der Waals surface area contributed by atoms with Crippen LogP contribution < -0.4 is 5.73 Å². The van der Waals surface area contributed by atoms with Gasteiger partial charge < -0.3 is 5.73 Å². The Hall–Kier alpha value is -1.69. The van der Waals surface area contributed by atoms with Crippen LogP contribution in [0.2, 0.25) is 0 Å². The van der Waals surface area contributed by atoms with Crippen LogP contribution in [-0.2, 0) is 13.6 Å². The molecule has 0 aromatic carbocycles. The van der Waals surface area contributed by atoms with Gasteiger partial charge in [0.05, 0.1) is 18.1 Å². The average molecular weight is 274 g/mol. The number of nitrogen functional groups attached to an aromatic ring is 1. The zero-order valence-corrected chi connectivity index (χ0v) is 12.2. The standard InChI is InChI=1S/C14H22N6/c1-10-6-4-3-5-7-20(10)9-12-17-13(15)11-8-16-19(2)14(11)18-12/h8,10H,3-7,9H2,1-2H3,(H2,15,17,18). The summed E-state index contributed by atoms with van der Waals surface area (Å²) in [6.45, 7) is 4.18. The van der Waals surface area contributed by atoms with E-state index in [-0.39, 0.29) is 0 Å². The van der Waals surface area contributed by atoms with Crippen molar-refractivity contribution in [3.05, 3.63) is 12.0 Å². The molecule has 1 fully saturated rings. The van der Waals surface area contributed by atoms with Crippen LogP contribution in [0.15, 0.2) is 6.20 Å². The fraction of sp³-hybridized carbons (Fsp3) is 0.643. The third kappa shape index (κ3) is 2.47. The number of nitrogens with zero attached hydrogens (tertiary/aromatic N) is 5. The van der Waals surface area contributed by atoms with Crippen molar-refractivity contribution >= 4 is 16.9 Å².